The van der Waals surface area contributed by atoms with Crippen LogP contribution >= 0.6 is 0 Å². The summed E-state index contributed by atoms with van der Waals surface area (Å²) in [6.45, 7) is 0. The highest BCUT2D eigenvalue weighted by Crippen LogP contribution is 2.15. The quantitative estimate of drug-likeness (QED) is 0.532. The Balaban J connectivity index is 3.01. The monoisotopic (exact) mass is 232 g/mol. The van der Waals surface area contributed by atoms with Crippen molar-refractivity contribution in [2.24, 2.45) is 0 Å². The molecule has 1 rings (SSSR count). The molecule has 6 nitrogen and oxygen atoms in total. The minimum absolute atomic E-state index is 0.00794. The van der Waals surface area contributed by atoms with E-state index in [1.807, 2.05) is 0 Å². The van der Waals surface area contributed by atoms with E-state index in [2.05, 4.69) is 5.32 Å². The summed E-state index contributed by atoms with van der Waals surface area (Å²) in [4.78, 5) is 21.4. The summed E-state index contributed by atoms with van der Waals surface area (Å²) in [5, 5.41) is 28.4. The number of aromatic carboxylic acids is 1. The topological polar surface area (TPSA) is 110 Å². The number of carboxylic acids is 2. The summed E-state index contributed by atoms with van der Waals surface area (Å²) in [7, 11) is 0. The Labute approximate surface area is 96.4 Å². The maximum atomic E-state index is 10.8. The smallest absolute Gasteiger partial charge is 0.347 e. The molecule has 0 aromatic heterocycles. The number of para-hydroxylation sites is 1. The van der Waals surface area contributed by atoms with Crippen LogP contribution in [0.4, 0.5) is 5.69 Å². The highest BCUT2D eigenvalue weighted by Gasteiger charge is 2.09. The maximum absolute atomic E-state index is 10.8. The van der Waals surface area contributed by atoms with Crippen LogP contribution in [0.2, 0.25) is 0 Å². The van der Waals surface area contributed by atoms with Gasteiger partial charge >= 0.3 is 11.9 Å². The zero-order chi connectivity index (χ0) is 12.8. The van der Waals surface area contributed by atoms with Crippen LogP contribution in [-0.2, 0) is 4.79 Å². The summed E-state index contributed by atoms with van der Waals surface area (Å²) >= 11 is 0. The lowest BCUT2D eigenvalue weighted by Crippen LogP contribution is -2.05. The summed E-state index contributed by atoms with van der Waals surface area (Å²) < 4.78 is 0. The molecule has 0 saturated heterocycles. The number of anilines is 1. The fourth-order valence-corrected chi connectivity index (χ4v) is 1.09. The highest BCUT2D eigenvalue weighted by molar-refractivity contribution is 5.95. The van der Waals surface area contributed by atoms with Crippen molar-refractivity contribution in [3.8, 4) is 6.07 Å². The molecule has 0 fully saturated rings. The summed E-state index contributed by atoms with van der Waals surface area (Å²) in [5.41, 5.74) is -0.300. The Kier molecular flexibility index (Phi) is 3.84. The van der Waals surface area contributed by atoms with Crippen LogP contribution in [0.5, 0.6) is 0 Å². The number of nitrogens with zero attached hydrogens (tertiary/aromatic N) is 1. The van der Waals surface area contributed by atoms with Crippen molar-refractivity contribution in [2.45, 2.75) is 0 Å². The van der Waals surface area contributed by atoms with Gasteiger partial charge in [0.1, 0.15) is 6.07 Å². The first-order valence-corrected chi connectivity index (χ1v) is 4.48. The Bertz CT molecular complexity index is 529. The number of hydrogen-bond donors (Lipinski definition) is 3. The van der Waals surface area contributed by atoms with Crippen LogP contribution in [0.25, 0.3) is 0 Å². The lowest BCUT2D eigenvalue weighted by atomic mass is 10.2. The minimum atomic E-state index is -1.38. The van der Waals surface area contributed by atoms with Crippen molar-refractivity contribution in [3.05, 3.63) is 41.6 Å². The van der Waals surface area contributed by atoms with Crippen molar-refractivity contribution in [3.63, 3.8) is 0 Å². The molecule has 0 radical (unpaired) electrons. The van der Waals surface area contributed by atoms with E-state index in [0.717, 1.165) is 6.20 Å². The lowest BCUT2D eigenvalue weighted by Gasteiger charge is -2.04. The zero-order valence-corrected chi connectivity index (χ0v) is 8.54. The molecule has 1 aromatic carbocycles. The number of nitrogens with one attached hydrogen (secondary N) is 1. The molecule has 0 aliphatic rings. The number of nitriles is 1. The average Bonchev–Trinajstić information content (AvgIpc) is 2.29. The molecule has 0 unspecified atom stereocenters. The fourth-order valence-electron chi connectivity index (χ4n) is 1.09. The summed E-state index contributed by atoms with van der Waals surface area (Å²) in [6, 6.07) is 7.44. The standard InChI is InChI=1S/C11H8N2O4/c12-5-7(10(14)15)6-13-9-4-2-1-3-8(9)11(16)17/h1-4,6,13H,(H,14,15)(H,16,17)/b7-6-. The van der Waals surface area contributed by atoms with Crippen LogP contribution in [0, 0.1) is 11.3 Å². The number of carbonyl (C=O) groups is 2. The van der Waals surface area contributed by atoms with E-state index in [-0.39, 0.29) is 11.3 Å². The molecule has 0 atom stereocenters. The third-order valence-corrected chi connectivity index (χ3v) is 1.88. The van der Waals surface area contributed by atoms with E-state index in [1.165, 1.54) is 18.2 Å². The van der Waals surface area contributed by atoms with Gasteiger partial charge in [-0.2, -0.15) is 5.26 Å². The van der Waals surface area contributed by atoms with E-state index in [4.69, 9.17) is 15.5 Å². The van der Waals surface area contributed by atoms with Crippen LogP contribution in [0.1, 0.15) is 10.4 Å². The average molecular weight is 232 g/mol. The van der Waals surface area contributed by atoms with Gasteiger partial charge in [0.25, 0.3) is 0 Å². The van der Waals surface area contributed by atoms with Gasteiger partial charge in [-0.15, -0.1) is 0 Å². The van der Waals surface area contributed by atoms with Gasteiger partial charge in [0.05, 0.1) is 11.3 Å². The zero-order valence-electron chi connectivity index (χ0n) is 8.54. The molecule has 86 valence electrons. The Morgan fingerprint density at radius 2 is 1.94 bits per heavy atom. The van der Waals surface area contributed by atoms with E-state index < -0.39 is 17.5 Å². The van der Waals surface area contributed by atoms with Gasteiger partial charge in [0.15, 0.2) is 5.57 Å². The highest BCUT2D eigenvalue weighted by atomic mass is 16.4. The third-order valence-electron chi connectivity index (χ3n) is 1.88. The van der Waals surface area contributed by atoms with Crippen molar-refractivity contribution in [1.29, 1.82) is 5.26 Å². The first kappa shape index (κ1) is 12.3. The van der Waals surface area contributed by atoms with Gasteiger partial charge in [0.2, 0.25) is 0 Å². The fraction of sp³-hybridized carbons (Fsp3) is 0. The molecule has 6 heteroatoms. The molecule has 0 saturated carbocycles. The predicted molar refractivity (Wildman–Crippen MR) is 58.4 cm³/mol. The number of rotatable bonds is 4. The normalized spacial score (nSPS) is 10.4. The first-order chi connectivity index (χ1) is 8.06. The van der Waals surface area contributed by atoms with Crippen LogP contribution in [0.15, 0.2) is 36.0 Å². The summed E-state index contributed by atoms with van der Waals surface area (Å²) in [5.74, 6) is -2.52. The van der Waals surface area contributed by atoms with Gasteiger partial charge in [-0.05, 0) is 12.1 Å². The lowest BCUT2D eigenvalue weighted by molar-refractivity contribution is -0.132. The van der Waals surface area contributed by atoms with E-state index >= 15 is 0 Å². The second kappa shape index (κ2) is 5.32. The molecule has 3 N–H and O–H groups in total. The van der Waals surface area contributed by atoms with Gasteiger partial charge in [-0.3, -0.25) is 0 Å². The molecule has 0 spiro atoms. The molecule has 0 bridgehead atoms. The van der Waals surface area contributed by atoms with E-state index in [1.54, 1.807) is 12.1 Å². The SMILES string of the molecule is N#C/C(=C/Nc1ccccc1C(=O)O)C(=O)O. The molecule has 0 heterocycles. The Hall–Kier alpha value is -2.81. The molecule has 0 amide bonds. The molecule has 0 aliphatic heterocycles. The molecular formula is C11H8N2O4. The van der Waals surface area contributed by atoms with Gasteiger partial charge < -0.3 is 15.5 Å². The van der Waals surface area contributed by atoms with Crippen LogP contribution in [-0.4, -0.2) is 22.2 Å². The molecular weight excluding hydrogens is 224 g/mol. The minimum Gasteiger partial charge on any atom is -0.478 e. The first-order valence-electron chi connectivity index (χ1n) is 4.48. The van der Waals surface area contributed by atoms with Crippen molar-refractivity contribution >= 4 is 17.6 Å². The Morgan fingerprint density at radius 1 is 1.29 bits per heavy atom. The molecule has 17 heavy (non-hydrogen) atoms. The van der Waals surface area contributed by atoms with E-state index in [9.17, 15) is 9.59 Å². The predicted octanol–water partition coefficient (Wildman–Crippen LogP) is 1.29. The number of aliphatic carboxylic acids is 1. The molecule has 1 aromatic rings. The van der Waals surface area contributed by atoms with Gasteiger partial charge in [0, 0.05) is 6.20 Å². The molecule has 0 aliphatic carbocycles. The van der Waals surface area contributed by atoms with Crippen molar-refractivity contribution in [1.82, 2.24) is 0 Å². The van der Waals surface area contributed by atoms with Crippen LogP contribution in [0.3, 0.4) is 0 Å². The number of hydrogen-bond acceptors (Lipinski definition) is 4. The second-order valence-electron chi connectivity index (χ2n) is 2.97. The maximum Gasteiger partial charge on any atom is 0.347 e. The van der Waals surface area contributed by atoms with Crippen molar-refractivity contribution in [2.75, 3.05) is 5.32 Å². The number of carboxylic acid groups (broad SMARTS) is 2. The third kappa shape index (κ3) is 3.07. The van der Waals surface area contributed by atoms with Crippen molar-refractivity contribution < 1.29 is 19.8 Å². The van der Waals surface area contributed by atoms with Crippen LogP contribution < -0.4 is 5.32 Å². The largest absolute Gasteiger partial charge is 0.478 e. The Morgan fingerprint density at radius 3 is 2.47 bits per heavy atom. The second-order valence-corrected chi connectivity index (χ2v) is 2.97. The number of benzene rings is 1. The van der Waals surface area contributed by atoms with Gasteiger partial charge in [-0.1, -0.05) is 12.1 Å². The van der Waals surface area contributed by atoms with E-state index in [0.29, 0.717) is 0 Å². The summed E-state index contributed by atoms with van der Waals surface area (Å²) in [6.07, 6.45) is 0.949. The van der Waals surface area contributed by atoms with Gasteiger partial charge in [-0.25, -0.2) is 9.59 Å².